The Labute approximate surface area is 184 Å². The van der Waals surface area contributed by atoms with Gasteiger partial charge in [0, 0.05) is 17.1 Å². The maximum absolute atomic E-state index is 12.8. The highest BCUT2D eigenvalue weighted by molar-refractivity contribution is 7.89. The summed E-state index contributed by atoms with van der Waals surface area (Å²) in [6.07, 6.45) is 0. The first-order valence-electron chi connectivity index (χ1n) is 9.73. The lowest BCUT2D eigenvalue weighted by atomic mass is 10.3. The van der Waals surface area contributed by atoms with Gasteiger partial charge >= 0.3 is 0 Å². The topological polar surface area (TPSA) is 93.1 Å². The zero-order chi connectivity index (χ0) is 22.2. The van der Waals surface area contributed by atoms with Gasteiger partial charge < -0.3 is 5.32 Å². The fraction of sp³-hybridized carbons (Fsp3) is 0.182. The van der Waals surface area contributed by atoms with Crippen LogP contribution in [-0.4, -0.2) is 30.1 Å². The minimum Gasteiger partial charge on any atom is -0.321 e. The average molecular weight is 455 g/mol. The lowest BCUT2D eigenvalue weighted by Crippen LogP contribution is -2.30. The number of amides is 1. The number of carbonyl (C=O) groups is 1. The zero-order valence-corrected chi connectivity index (χ0v) is 18.9. The van der Waals surface area contributed by atoms with Crippen molar-refractivity contribution in [3.63, 3.8) is 0 Å². The van der Waals surface area contributed by atoms with E-state index < -0.39 is 10.0 Å². The van der Waals surface area contributed by atoms with E-state index in [1.165, 1.54) is 23.5 Å². The minimum atomic E-state index is -3.57. The summed E-state index contributed by atoms with van der Waals surface area (Å²) < 4.78 is 28.9. The molecule has 0 aliphatic heterocycles. The van der Waals surface area contributed by atoms with Gasteiger partial charge in [-0.25, -0.2) is 17.8 Å². The van der Waals surface area contributed by atoms with E-state index >= 15 is 0 Å². The molecule has 4 rings (SSSR count). The Bertz CT molecular complexity index is 1340. The first-order valence-corrected chi connectivity index (χ1v) is 12.0. The SMILES string of the molecule is Cc1nn(-c2ccccc2)c2sc(C(=O)Nc3ccc(S(=O)(=O)NC(C)C)cc3)cc12. The van der Waals surface area contributed by atoms with E-state index in [9.17, 15) is 13.2 Å². The molecule has 4 aromatic rings. The number of hydrogen-bond acceptors (Lipinski definition) is 5. The molecule has 9 heteroatoms. The molecule has 0 saturated carbocycles. The summed E-state index contributed by atoms with van der Waals surface area (Å²) >= 11 is 1.36. The van der Waals surface area contributed by atoms with Crippen LogP contribution in [0.1, 0.15) is 29.2 Å². The van der Waals surface area contributed by atoms with E-state index in [-0.39, 0.29) is 16.8 Å². The Morgan fingerprint density at radius 1 is 1.06 bits per heavy atom. The molecule has 0 unspecified atom stereocenters. The summed E-state index contributed by atoms with van der Waals surface area (Å²) in [4.78, 5) is 14.4. The second-order valence-corrected chi connectivity index (χ2v) is 10.2. The molecule has 1 amide bonds. The van der Waals surface area contributed by atoms with Crippen LogP contribution in [0.4, 0.5) is 5.69 Å². The van der Waals surface area contributed by atoms with Gasteiger partial charge in [0.2, 0.25) is 10.0 Å². The van der Waals surface area contributed by atoms with Crippen LogP contribution >= 0.6 is 11.3 Å². The molecule has 0 aliphatic rings. The van der Waals surface area contributed by atoms with Crippen molar-refractivity contribution < 1.29 is 13.2 Å². The molecule has 2 N–H and O–H groups in total. The number of aryl methyl sites for hydroxylation is 1. The zero-order valence-electron chi connectivity index (χ0n) is 17.3. The number of benzene rings is 2. The van der Waals surface area contributed by atoms with Gasteiger partial charge in [0.1, 0.15) is 4.83 Å². The first-order chi connectivity index (χ1) is 14.7. The number of sulfonamides is 1. The van der Waals surface area contributed by atoms with Crippen LogP contribution < -0.4 is 10.0 Å². The van der Waals surface area contributed by atoms with E-state index in [1.807, 2.05) is 48.0 Å². The van der Waals surface area contributed by atoms with Crippen LogP contribution in [0.25, 0.3) is 15.9 Å². The summed E-state index contributed by atoms with van der Waals surface area (Å²) in [6, 6.07) is 17.5. The van der Waals surface area contributed by atoms with Crippen molar-refractivity contribution in [1.82, 2.24) is 14.5 Å². The number of fused-ring (bicyclic) bond motifs is 1. The highest BCUT2D eigenvalue weighted by Gasteiger charge is 2.18. The second-order valence-electron chi connectivity index (χ2n) is 7.42. The second kappa shape index (κ2) is 8.26. The molecule has 2 aromatic carbocycles. The van der Waals surface area contributed by atoms with Crippen molar-refractivity contribution in [3.8, 4) is 5.69 Å². The Balaban J connectivity index is 1.57. The van der Waals surface area contributed by atoms with E-state index in [2.05, 4.69) is 15.1 Å². The van der Waals surface area contributed by atoms with Crippen molar-refractivity contribution >= 4 is 43.2 Å². The van der Waals surface area contributed by atoms with E-state index in [4.69, 9.17) is 0 Å². The molecular formula is C22H22N4O3S2. The number of thiophene rings is 1. The molecule has 2 aromatic heterocycles. The molecule has 0 radical (unpaired) electrons. The summed E-state index contributed by atoms with van der Waals surface area (Å²) in [5, 5.41) is 8.35. The number of nitrogens with one attached hydrogen (secondary N) is 2. The van der Waals surface area contributed by atoms with Crippen molar-refractivity contribution in [2.45, 2.75) is 31.7 Å². The number of anilines is 1. The van der Waals surface area contributed by atoms with Gasteiger partial charge in [-0.2, -0.15) is 5.10 Å². The number of nitrogens with zero attached hydrogens (tertiary/aromatic N) is 2. The molecule has 0 atom stereocenters. The van der Waals surface area contributed by atoms with Crippen LogP contribution in [0.3, 0.4) is 0 Å². The third-order valence-corrected chi connectivity index (χ3v) is 7.37. The predicted octanol–water partition coefficient (Wildman–Crippen LogP) is 4.33. The van der Waals surface area contributed by atoms with Crippen molar-refractivity contribution in [2.24, 2.45) is 0 Å². The van der Waals surface area contributed by atoms with Crippen molar-refractivity contribution in [3.05, 3.63) is 71.2 Å². The fourth-order valence-electron chi connectivity index (χ4n) is 3.19. The Hall–Kier alpha value is -3.01. The third-order valence-electron chi connectivity index (χ3n) is 4.58. The summed E-state index contributed by atoms with van der Waals surface area (Å²) in [7, 11) is -3.57. The van der Waals surface area contributed by atoms with Crippen LogP contribution in [0.15, 0.2) is 65.6 Å². The lowest BCUT2D eigenvalue weighted by molar-refractivity contribution is 0.103. The molecule has 7 nitrogen and oxygen atoms in total. The Kier molecular flexibility index (Phi) is 5.65. The Morgan fingerprint density at radius 2 is 1.74 bits per heavy atom. The molecular weight excluding hydrogens is 432 g/mol. The maximum atomic E-state index is 12.8. The van der Waals surface area contributed by atoms with E-state index in [0.717, 1.165) is 21.6 Å². The minimum absolute atomic E-state index is 0.152. The van der Waals surface area contributed by atoms with Gasteiger partial charge in [-0.05, 0) is 63.2 Å². The van der Waals surface area contributed by atoms with Gasteiger partial charge in [-0.3, -0.25) is 4.79 Å². The first kappa shape index (κ1) is 21.2. The quantitative estimate of drug-likeness (QED) is 0.453. The Morgan fingerprint density at radius 3 is 2.39 bits per heavy atom. The molecule has 31 heavy (non-hydrogen) atoms. The highest BCUT2D eigenvalue weighted by Crippen LogP contribution is 2.31. The standard InChI is InChI=1S/C22H22N4O3S2/c1-14(2)25-31(28,29)18-11-9-16(10-12-18)23-21(27)20-13-19-15(3)24-26(22(19)30-20)17-7-5-4-6-8-17/h4-14,25H,1-3H3,(H,23,27). The van der Waals surface area contributed by atoms with Crippen LogP contribution in [0, 0.1) is 6.92 Å². The van der Waals surface area contributed by atoms with Gasteiger partial charge in [-0.1, -0.05) is 18.2 Å². The molecule has 2 heterocycles. The fourth-order valence-corrected chi connectivity index (χ4v) is 5.52. The van der Waals surface area contributed by atoms with Crippen molar-refractivity contribution in [2.75, 3.05) is 5.32 Å². The van der Waals surface area contributed by atoms with Crippen LogP contribution in [0.5, 0.6) is 0 Å². The van der Waals surface area contributed by atoms with Gasteiger partial charge in [0.25, 0.3) is 5.91 Å². The summed E-state index contributed by atoms with van der Waals surface area (Å²) in [5.41, 5.74) is 2.30. The molecule has 0 saturated heterocycles. The summed E-state index contributed by atoms with van der Waals surface area (Å²) in [6.45, 7) is 5.44. The molecule has 0 bridgehead atoms. The third kappa shape index (κ3) is 4.39. The van der Waals surface area contributed by atoms with Crippen molar-refractivity contribution in [1.29, 1.82) is 0 Å². The largest absolute Gasteiger partial charge is 0.321 e. The lowest BCUT2D eigenvalue weighted by Gasteiger charge is -2.10. The number of rotatable bonds is 6. The number of hydrogen-bond donors (Lipinski definition) is 2. The van der Waals surface area contributed by atoms with E-state index in [0.29, 0.717) is 10.6 Å². The summed E-state index contributed by atoms with van der Waals surface area (Å²) in [5.74, 6) is -0.254. The molecule has 0 fully saturated rings. The average Bonchev–Trinajstić information content (AvgIpc) is 3.29. The monoisotopic (exact) mass is 454 g/mol. The number of aromatic nitrogens is 2. The predicted molar refractivity (Wildman–Crippen MR) is 124 cm³/mol. The van der Waals surface area contributed by atoms with Gasteiger partial charge in [0.15, 0.2) is 0 Å². The smallest absolute Gasteiger partial charge is 0.265 e. The number of para-hydroxylation sites is 1. The van der Waals surface area contributed by atoms with Gasteiger partial charge in [-0.15, -0.1) is 11.3 Å². The maximum Gasteiger partial charge on any atom is 0.265 e. The molecule has 0 aliphatic carbocycles. The van der Waals surface area contributed by atoms with Gasteiger partial charge in [0.05, 0.1) is 21.2 Å². The molecule has 160 valence electrons. The molecule has 0 spiro atoms. The van der Waals surface area contributed by atoms with E-state index in [1.54, 1.807) is 26.0 Å². The van der Waals surface area contributed by atoms with Crippen LogP contribution in [0.2, 0.25) is 0 Å². The normalized spacial score (nSPS) is 11.9. The highest BCUT2D eigenvalue weighted by atomic mass is 32.2. The van der Waals surface area contributed by atoms with Crippen LogP contribution in [-0.2, 0) is 10.0 Å². The number of carbonyl (C=O) groups excluding carboxylic acids is 1.